The van der Waals surface area contributed by atoms with Crippen LogP contribution in [0.1, 0.15) is 22.5 Å². The largest absolute Gasteiger partial charge is 0.480 e. The average Bonchev–Trinajstić information content (AvgIpc) is 3.11. The van der Waals surface area contributed by atoms with Crippen LogP contribution in [0.5, 0.6) is 0 Å². The van der Waals surface area contributed by atoms with Gasteiger partial charge < -0.3 is 15.2 Å². The summed E-state index contributed by atoms with van der Waals surface area (Å²) >= 11 is 1.25. The van der Waals surface area contributed by atoms with E-state index in [-0.39, 0.29) is 5.92 Å². The smallest absolute Gasteiger partial charge is 0.326 e. The van der Waals surface area contributed by atoms with Crippen LogP contribution in [-0.2, 0) is 9.53 Å². The Morgan fingerprint density at radius 3 is 2.79 bits per heavy atom. The Kier molecular flexibility index (Phi) is 5.22. The molecule has 126 valence electrons. The second-order valence-corrected chi connectivity index (χ2v) is 6.69. The zero-order valence-corrected chi connectivity index (χ0v) is 13.8. The molecule has 0 unspecified atom stereocenters. The van der Waals surface area contributed by atoms with Gasteiger partial charge in [-0.2, -0.15) is 0 Å². The molecule has 24 heavy (non-hydrogen) atoms. The van der Waals surface area contributed by atoms with E-state index in [0.29, 0.717) is 18.1 Å². The van der Waals surface area contributed by atoms with E-state index in [2.05, 4.69) is 10.3 Å². The van der Waals surface area contributed by atoms with Gasteiger partial charge in [-0.3, -0.25) is 4.79 Å². The number of hydrogen-bond acceptors (Lipinski definition) is 5. The second kappa shape index (κ2) is 7.55. The van der Waals surface area contributed by atoms with Gasteiger partial charge >= 0.3 is 5.97 Å². The van der Waals surface area contributed by atoms with Crippen molar-refractivity contribution in [2.24, 2.45) is 5.92 Å². The third-order valence-corrected chi connectivity index (χ3v) is 5.01. The van der Waals surface area contributed by atoms with Gasteiger partial charge in [-0.05, 0) is 12.8 Å². The van der Waals surface area contributed by atoms with Crippen LogP contribution in [-0.4, -0.2) is 41.2 Å². The first-order valence-electron chi connectivity index (χ1n) is 7.78. The van der Waals surface area contributed by atoms with Crippen molar-refractivity contribution in [2.75, 3.05) is 13.2 Å². The first kappa shape index (κ1) is 16.6. The minimum Gasteiger partial charge on any atom is -0.480 e. The van der Waals surface area contributed by atoms with Crippen LogP contribution in [0.2, 0.25) is 0 Å². The van der Waals surface area contributed by atoms with Crippen molar-refractivity contribution in [1.29, 1.82) is 0 Å². The van der Waals surface area contributed by atoms with Gasteiger partial charge in [0.25, 0.3) is 5.91 Å². The van der Waals surface area contributed by atoms with E-state index in [1.807, 2.05) is 30.3 Å². The maximum absolute atomic E-state index is 12.4. The van der Waals surface area contributed by atoms with Crippen molar-refractivity contribution >= 4 is 23.2 Å². The van der Waals surface area contributed by atoms with E-state index >= 15 is 0 Å². The zero-order valence-electron chi connectivity index (χ0n) is 13.0. The lowest BCUT2D eigenvalue weighted by Crippen LogP contribution is -2.48. The molecule has 2 aromatic rings. The highest BCUT2D eigenvalue weighted by atomic mass is 32.1. The first-order valence-corrected chi connectivity index (χ1v) is 8.59. The normalized spacial score (nSPS) is 18.8. The fourth-order valence-electron chi connectivity index (χ4n) is 2.72. The highest BCUT2D eigenvalue weighted by molar-refractivity contribution is 7.16. The molecule has 1 fully saturated rings. The molecule has 2 atom stereocenters. The van der Waals surface area contributed by atoms with Gasteiger partial charge in [0.1, 0.15) is 15.9 Å². The van der Waals surface area contributed by atoms with Crippen LogP contribution in [0, 0.1) is 5.92 Å². The van der Waals surface area contributed by atoms with E-state index in [4.69, 9.17) is 4.74 Å². The molecule has 0 radical (unpaired) electrons. The number of carboxylic acids is 1. The Balaban J connectivity index is 1.71. The molecule has 0 aliphatic carbocycles. The summed E-state index contributed by atoms with van der Waals surface area (Å²) in [7, 11) is 0. The van der Waals surface area contributed by atoms with E-state index < -0.39 is 17.9 Å². The summed E-state index contributed by atoms with van der Waals surface area (Å²) in [6.07, 6.45) is 3.02. The maximum atomic E-state index is 12.4. The number of aliphatic carboxylic acids is 1. The molecule has 1 aliphatic rings. The molecule has 1 aromatic heterocycles. The van der Waals surface area contributed by atoms with E-state index in [0.717, 1.165) is 23.4 Å². The number of thiazole rings is 1. The molecule has 1 aromatic carbocycles. The van der Waals surface area contributed by atoms with Gasteiger partial charge in [0.05, 0.1) is 12.8 Å². The number of nitrogens with zero attached hydrogens (tertiary/aromatic N) is 1. The predicted molar refractivity (Wildman–Crippen MR) is 90.0 cm³/mol. The van der Waals surface area contributed by atoms with Gasteiger partial charge in [-0.25, -0.2) is 9.78 Å². The molecule has 0 saturated carbocycles. The van der Waals surface area contributed by atoms with Crippen LogP contribution in [0.3, 0.4) is 0 Å². The van der Waals surface area contributed by atoms with Crippen LogP contribution in [0.15, 0.2) is 36.5 Å². The molecule has 1 amide bonds. The summed E-state index contributed by atoms with van der Waals surface area (Å²) in [5, 5.41) is 12.8. The standard InChI is InChI=1S/C17H18N2O4S/c20-15(19-14(17(21)22)12-7-4-8-23-10-12)13-9-18-16(24-13)11-5-2-1-3-6-11/h1-3,5-6,9,12,14H,4,7-8,10H2,(H,19,20)(H,21,22)/t12-,14+/m1/s1. The average molecular weight is 346 g/mol. The van der Waals surface area contributed by atoms with Crippen LogP contribution in [0.25, 0.3) is 10.6 Å². The fourth-order valence-corrected chi connectivity index (χ4v) is 3.54. The van der Waals surface area contributed by atoms with E-state index in [9.17, 15) is 14.7 Å². The first-order chi connectivity index (χ1) is 11.6. The number of hydrogen-bond donors (Lipinski definition) is 2. The fraction of sp³-hybridized carbons (Fsp3) is 0.353. The zero-order chi connectivity index (χ0) is 16.9. The number of aromatic nitrogens is 1. The van der Waals surface area contributed by atoms with Crippen LogP contribution < -0.4 is 5.32 Å². The molecule has 0 bridgehead atoms. The Morgan fingerprint density at radius 2 is 2.12 bits per heavy atom. The second-order valence-electron chi connectivity index (χ2n) is 5.66. The Labute approximate surface area is 143 Å². The highest BCUT2D eigenvalue weighted by Gasteiger charge is 2.32. The number of carboxylic acid groups (broad SMARTS) is 1. The summed E-state index contributed by atoms with van der Waals surface area (Å²) in [4.78, 5) is 28.6. The summed E-state index contributed by atoms with van der Waals surface area (Å²) in [6.45, 7) is 1.00. The third-order valence-electron chi connectivity index (χ3n) is 3.97. The summed E-state index contributed by atoms with van der Waals surface area (Å²) < 4.78 is 5.34. The molecule has 6 nitrogen and oxygen atoms in total. The number of amides is 1. The summed E-state index contributed by atoms with van der Waals surface area (Å²) in [6, 6.07) is 8.61. The van der Waals surface area contributed by atoms with Crippen molar-refractivity contribution in [3.05, 3.63) is 41.4 Å². The van der Waals surface area contributed by atoms with Crippen molar-refractivity contribution in [3.63, 3.8) is 0 Å². The molecule has 3 rings (SSSR count). The lowest BCUT2D eigenvalue weighted by Gasteiger charge is -2.27. The van der Waals surface area contributed by atoms with E-state index in [1.165, 1.54) is 17.5 Å². The van der Waals surface area contributed by atoms with Gasteiger partial charge in [0, 0.05) is 18.1 Å². The van der Waals surface area contributed by atoms with Crippen LogP contribution in [0.4, 0.5) is 0 Å². The molecule has 1 aliphatic heterocycles. The Morgan fingerprint density at radius 1 is 1.33 bits per heavy atom. The van der Waals surface area contributed by atoms with Crippen molar-refractivity contribution in [3.8, 4) is 10.6 Å². The topological polar surface area (TPSA) is 88.5 Å². The van der Waals surface area contributed by atoms with Gasteiger partial charge in [0.2, 0.25) is 0 Å². The predicted octanol–water partition coefficient (Wildman–Crippen LogP) is 2.42. The lowest BCUT2D eigenvalue weighted by atomic mass is 9.93. The molecule has 2 N–H and O–H groups in total. The maximum Gasteiger partial charge on any atom is 0.326 e. The van der Waals surface area contributed by atoms with Crippen molar-refractivity contribution in [1.82, 2.24) is 10.3 Å². The number of nitrogens with one attached hydrogen (secondary N) is 1. The summed E-state index contributed by atoms with van der Waals surface area (Å²) in [5.74, 6) is -1.65. The molecule has 0 spiro atoms. The SMILES string of the molecule is O=C(N[C@H](C(=O)O)[C@@H]1CCCOC1)c1cnc(-c2ccccc2)s1. The molecule has 7 heteroatoms. The highest BCUT2D eigenvalue weighted by Crippen LogP contribution is 2.25. The Bertz CT molecular complexity index is 710. The molecule has 2 heterocycles. The minimum atomic E-state index is -1.04. The van der Waals surface area contributed by atoms with Crippen molar-refractivity contribution in [2.45, 2.75) is 18.9 Å². The number of rotatable bonds is 5. The van der Waals surface area contributed by atoms with Gasteiger partial charge in [-0.15, -0.1) is 11.3 Å². The van der Waals surface area contributed by atoms with Crippen molar-refractivity contribution < 1.29 is 19.4 Å². The monoisotopic (exact) mass is 346 g/mol. The molecular weight excluding hydrogens is 328 g/mol. The summed E-state index contributed by atoms with van der Waals surface area (Å²) in [5.41, 5.74) is 0.928. The minimum absolute atomic E-state index is 0.207. The lowest BCUT2D eigenvalue weighted by molar-refractivity contribution is -0.142. The number of ether oxygens (including phenoxy) is 1. The number of benzene rings is 1. The van der Waals surface area contributed by atoms with E-state index in [1.54, 1.807) is 0 Å². The van der Waals surface area contributed by atoms with Gasteiger partial charge in [-0.1, -0.05) is 30.3 Å². The molecular formula is C17H18N2O4S. The quantitative estimate of drug-likeness (QED) is 0.868. The molecule has 1 saturated heterocycles. The number of carbonyl (C=O) groups is 2. The third kappa shape index (κ3) is 3.80. The Hall–Kier alpha value is -2.25. The van der Waals surface area contributed by atoms with Gasteiger partial charge in [0.15, 0.2) is 0 Å². The number of carbonyl (C=O) groups excluding carboxylic acids is 1. The van der Waals surface area contributed by atoms with Crippen LogP contribution >= 0.6 is 11.3 Å².